The van der Waals surface area contributed by atoms with Gasteiger partial charge in [-0.3, -0.25) is 4.90 Å². The van der Waals surface area contributed by atoms with Crippen LogP contribution in [-0.4, -0.2) is 59.1 Å². The van der Waals surface area contributed by atoms with Gasteiger partial charge >= 0.3 is 12.2 Å². The average molecular weight is 662 g/mol. The fraction of sp³-hybridized carbons (Fsp3) is 0.513. The Kier molecular flexibility index (Phi) is 12.6. The van der Waals surface area contributed by atoms with Crippen LogP contribution in [0.3, 0.4) is 0 Å². The number of halogens is 1. The third kappa shape index (κ3) is 11.9. The molecular weight excluding hydrogens is 609 g/mol. The number of benzene rings is 2. The molecule has 1 fully saturated rings. The van der Waals surface area contributed by atoms with Crippen molar-refractivity contribution in [1.29, 1.82) is 0 Å². The number of amides is 2. The summed E-state index contributed by atoms with van der Waals surface area (Å²) in [5.74, 6) is 0.290. The first-order valence-electron chi connectivity index (χ1n) is 17.0. The van der Waals surface area contributed by atoms with Gasteiger partial charge in [0.2, 0.25) is 0 Å². The highest BCUT2D eigenvalue weighted by Gasteiger charge is 2.38. The lowest BCUT2D eigenvalue weighted by molar-refractivity contribution is 0.0171. The Balaban J connectivity index is 1.48. The predicted molar refractivity (Wildman–Crippen MR) is 187 cm³/mol. The number of unbranched alkanes of at least 4 members (excludes halogenated alkanes) is 2. The number of carbonyl (C=O) groups is 2. The molecule has 1 saturated heterocycles. The van der Waals surface area contributed by atoms with E-state index in [-0.39, 0.29) is 23.9 Å². The Hall–Kier alpha value is -3.98. The average Bonchev–Trinajstić information content (AvgIpc) is 3.38. The highest BCUT2D eigenvalue weighted by Crippen LogP contribution is 2.28. The minimum atomic E-state index is -0.669. The van der Waals surface area contributed by atoms with Crippen LogP contribution in [0.2, 0.25) is 0 Å². The van der Waals surface area contributed by atoms with E-state index in [1.807, 2.05) is 97.0 Å². The molecule has 1 aliphatic heterocycles. The zero-order valence-corrected chi connectivity index (χ0v) is 29.6. The number of anilines is 1. The molecule has 0 aliphatic carbocycles. The molecule has 1 aliphatic rings. The Morgan fingerprint density at radius 1 is 0.875 bits per heavy atom. The van der Waals surface area contributed by atoms with E-state index in [2.05, 4.69) is 0 Å². The molecule has 3 aromatic rings. The highest BCUT2D eigenvalue weighted by atomic mass is 19.1. The van der Waals surface area contributed by atoms with Crippen molar-refractivity contribution in [1.82, 2.24) is 9.88 Å². The van der Waals surface area contributed by atoms with Crippen LogP contribution < -0.4 is 4.90 Å². The summed E-state index contributed by atoms with van der Waals surface area (Å²) in [5.41, 5.74) is 2.46. The van der Waals surface area contributed by atoms with Gasteiger partial charge in [0.05, 0.1) is 19.2 Å². The molecule has 260 valence electrons. The SMILES string of the molecule is Cc1cc(C[C@@H]2CN(C(=O)OC(C)(C)C)C[C@@H]2OCCCCCc2cccc(F)c2)nc(N(Cc2ccccc2)C(=O)OC(C)(C)C)c1. The molecule has 0 radical (unpaired) electrons. The van der Waals surface area contributed by atoms with E-state index < -0.39 is 17.3 Å². The minimum absolute atomic E-state index is 0.0175. The van der Waals surface area contributed by atoms with E-state index in [1.165, 1.54) is 6.07 Å². The lowest BCUT2D eigenvalue weighted by atomic mass is 9.98. The quantitative estimate of drug-likeness (QED) is 0.181. The van der Waals surface area contributed by atoms with E-state index in [9.17, 15) is 14.0 Å². The summed E-state index contributed by atoms with van der Waals surface area (Å²) in [4.78, 5) is 34.8. The Morgan fingerprint density at radius 3 is 2.27 bits per heavy atom. The van der Waals surface area contributed by atoms with Crippen LogP contribution in [0, 0.1) is 18.7 Å². The molecule has 2 aromatic carbocycles. The molecule has 9 heteroatoms. The fourth-order valence-electron chi connectivity index (χ4n) is 5.79. The number of aryl methyl sites for hydroxylation is 2. The number of ether oxygens (including phenoxy) is 3. The monoisotopic (exact) mass is 661 g/mol. The van der Waals surface area contributed by atoms with Crippen molar-refractivity contribution in [2.75, 3.05) is 24.6 Å². The number of pyridine rings is 1. The number of likely N-dealkylation sites (tertiary alicyclic amines) is 1. The summed E-state index contributed by atoms with van der Waals surface area (Å²) in [6, 6.07) is 20.4. The second-order valence-corrected chi connectivity index (χ2v) is 14.7. The first kappa shape index (κ1) is 36.8. The maximum atomic E-state index is 13.5. The van der Waals surface area contributed by atoms with Gasteiger partial charge in [0.1, 0.15) is 22.8 Å². The van der Waals surface area contributed by atoms with Crippen molar-refractivity contribution in [3.05, 3.63) is 94.9 Å². The summed E-state index contributed by atoms with van der Waals surface area (Å²) in [6.45, 7) is 14.9. The van der Waals surface area contributed by atoms with Crippen LogP contribution in [0.15, 0.2) is 66.7 Å². The Bertz CT molecular complexity index is 1500. The number of rotatable bonds is 12. The zero-order chi connectivity index (χ0) is 34.9. The Labute approximate surface area is 285 Å². The highest BCUT2D eigenvalue weighted by molar-refractivity contribution is 5.86. The van der Waals surface area contributed by atoms with Gasteiger partial charge in [0, 0.05) is 24.8 Å². The van der Waals surface area contributed by atoms with Crippen molar-refractivity contribution < 1.29 is 28.2 Å². The molecule has 0 bridgehead atoms. The standard InChI is InChI=1S/C39H52FN3O5/c1-28-21-33(41-35(22-28)43(37(45)48-39(5,6)7)25-30-16-10-8-11-17-30)24-31-26-42(36(44)47-38(2,3)4)27-34(31)46-20-13-9-12-15-29-18-14-19-32(40)23-29/h8,10-11,14,16-19,21-23,31,34H,9,12-13,15,20,24-27H2,1-7H3/t31-,34+/m1/s1. The molecule has 0 N–H and O–H groups in total. The topological polar surface area (TPSA) is 81.2 Å². The van der Waals surface area contributed by atoms with E-state index in [4.69, 9.17) is 19.2 Å². The zero-order valence-electron chi connectivity index (χ0n) is 29.6. The van der Waals surface area contributed by atoms with Crippen LogP contribution in [0.4, 0.5) is 19.8 Å². The summed E-state index contributed by atoms with van der Waals surface area (Å²) < 4.78 is 31.4. The van der Waals surface area contributed by atoms with Gasteiger partial charge in [-0.15, -0.1) is 0 Å². The van der Waals surface area contributed by atoms with Gasteiger partial charge in [-0.25, -0.2) is 19.0 Å². The van der Waals surface area contributed by atoms with Crippen LogP contribution in [0.25, 0.3) is 0 Å². The van der Waals surface area contributed by atoms with E-state index >= 15 is 0 Å². The molecule has 4 rings (SSSR count). The van der Waals surface area contributed by atoms with Crippen molar-refractivity contribution in [3.8, 4) is 0 Å². The summed E-state index contributed by atoms with van der Waals surface area (Å²) in [7, 11) is 0. The maximum absolute atomic E-state index is 13.5. The van der Waals surface area contributed by atoms with Gasteiger partial charge in [0.25, 0.3) is 0 Å². The summed E-state index contributed by atoms with van der Waals surface area (Å²) in [5, 5.41) is 0. The largest absolute Gasteiger partial charge is 0.444 e. The number of aromatic nitrogens is 1. The van der Waals surface area contributed by atoms with E-state index in [1.54, 1.807) is 21.9 Å². The number of hydrogen-bond acceptors (Lipinski definition) is 6. The molecule has 2 amide bonds. The van der Waals surface area contributed by atoms with Gasteiger partial charge in [-0.2, -0.15) is 0 Å². The maximum Gasteiger partial charge on any atom is 0.416 e. The second kappa shape index (κ2) is 16.4. The number of nitrogens with zero attached hydrogens (tertiary/aromatic N) is 3. The minimum Gasteiger partial charge on any atom is -0.444 e. The molecular formula is C39H52FN3O5. The smallest absolute Gasteiger partial charge is 0.416 e. The molecule has 0 spiro atoms. The molecule has 0 unspecified atom stereocenters. The van der Waals surface area contributed by atoms with Crippen molar-refractivity contribution in [2.45, 2.75) is 104 Å². The number of hydrogen-bond donors (Lipinski definition) is 0. The molecule has 8 nitrogen and oxygen atoms in total. The van der Waals surface area contributed by atoms with Gasteiger partial charge in [-0.05, 0) is 115 Å². The van der Waals surface area contributed by atoms with Gasteiger partial charge in [-0.1, -0.05) is 48.9 Å². The molecule has 48 heavy (non-hydrogen) atoms. The number of carbonyl (C=O) groups excluding carboxylic acids is 2. The van der Waals surface area contributed by atoms with Crippen LogP contribution >= 0.6 is 0 Å². The van der Waals surface area contributed by atoms with Gasteiger partial charge < -0.3 is 19.1 Å². The van der Waals surface area contributed by atoms with E-state index in [0.29, 0.717) is 38.5 Å². The first-order valence-corrected chi connectivity index (χ1v) is 17.0. The molecule has 2 atom stereocenters. The third-order valence-corrected chi connectivity index (χ3v) is 7.92. The second-order valence-electron chi connectivity index (χ2n) is 14.7. The fourth-order valence-corrected chi connectivity index (χ4v) is 5.79. The lowest BCUT2D eigenvalue weighted by Gasteiger charge is -2.27. The van der Waals surface area contributed by atoms with E-state index in [0.717, 1.165) is 48.1 Å². The van der Waals surface area contributed by atoms with Crippen LogP contribution in [-0.2, 0) is 33.6 Å². The molecule has 2 heterocycles. The first-order chi connectivity index (χ1) is 22.6. The normalized spacial score (nSPS) is 16.5. The lowest BCUT2D eigenvalue weighted by Crippen LogP contribution is -2.37. The van der Waals surface area contributed by atoms with Gasteiger partial charge in [0.15, 0.2) is 0 Å². The van der Waals surface area contributed by atoms with Crippen molar-refractivity contribution >= 4 is 18.0 Å². The Morgan fingerprint density at radius 2 is 1.58 bits per heavy atom. The van der Waals surface area contributed by atoms with Crippen LogP contribution in [0.5, 0.6) is 0 Å². The summed E-state index contributed by atoms with van der Waals surface area (Å²) >= 11 is 0. The predicted octanol–water partition coefficient (Wildman–Crippen LogP) is 8.68. The molecule has 1 aromatic heterocycles. The molecule has 0 saturated carbocycles. The summed E-state index contributed by atoms with van der Waals surface area (Å²) in [6.07, 6.45) is 3.12. The van der Waals surface area contributed by atoms with Crippen molar-refractivity contribution in [2.24, 2.45) is 5.92 Å². The van der Waals surface area contributed by atoms with Crippen molar-refractivity contribution in [3.63, 3.8) is 0 Å². The van der Waals surface area contributed by atoms with Crippen LogP contribution in [0.1, 0.15) is 83.2 Å². The third-order valence-electron chi connectivity index (χ3n) is 7.92.